The van der Waals surface area contributed by atoms with Gasteiger partial charge in [-0.3, -0.25) is 0 Å². The molecule has 1 N–H and O–H groups in total. The molecule has 0 saturated carbocycles. The van der Waals surface area contributed by atoms with E-state index in [2.05, 4.69) is 5.32 Å². The van der Waals surface area contributed by atoms with Gasteiger partial charge in [-0.15, -0.1) is 0 Å². The molecule has 2 nitrogen and oxygen atoms in total. The van der Waals surface area contributed by atoms with Crippen molar-refractivity contribution in [1.29, 1.82) is 0 Å². The number of halogens is 4. The van der Waals surface area contributed by atoms with Crippen molar-refractivity contribution in [1.82, 2.24) is 0 Å². The summed E-state index contributed by atoms with van der Waals surface area (Å²) >= 11 is 0. The van der Waals surface area contributed by atoms with Crippen LogP contribution < -0.4 is 5.32 Å². The maximum absolute atomic E-state index is 13.4. The number of nitrogens with one attached hydrogen (secondary N) is 1. The molecule has 0 aliphatic rings. The molecule has 1 rings (SSSR count). The SMILES string of the molecule is CNc1cc(C(F)(F)F)c(F)cc1CCCOC. The monoisotopic (exact) mass is 265 g/mol. The molecule has 1 aromatic carbocycles. The summed E-state index contributed by atoms with van der Waals surface area (Å²) in [6.07, 6.45) is -3.60. The molecule has 0 aliphatic carbocycles. The summed E-state index contributed by atoms with van der Waals surface area (Å²) in [7, 11) is 3.04. The Hall–Kier alpha value is -1.30. The minimum absolute atomic E-state index is 0.292. The molecular weight excluding hydrogens is 250 g/mol. The van der Waals surface area contributed by atoms with Crippen LogP contribution in [-0.2, 0) is 17.3 Å². The molecule has 6 heteroatoms. The average molecular weight is 265 g/mol. The first-order chi connectivity index (χ1) is 8.40. The minimum atomic E-state index is -4.68. The second-order valence-corrected chi connectivity index (χ2v) is 3.83. The summed E-state index contributed by atoms with van der Waals surface area (Å²) in [5.74, 6) is -1.24. The topological polar surface area (TPSA) is 21.3 Å². The van der Waals surface area contributed by atoms with Crippen molar-refractivity contribution < 1.29 is 22.3 Å². The third kappa shape index (κ3) is 3.60. The zero-order valence-electron chi connectivity index (χ0n) is 10.2. The standard InChI is InChI=1S/C12H15F4NO/c1-17-11-7-9(12(14,15)16)10(13)6-8(11)4-3-5-18-2/h6-7,17H,3-5H2,1-2H3. The van der Waals surface area contributed by atoms with Crippen LogP contribution in [0.1, 0.15) is 17.5 Å². The Morgan fingerprint density at radius 1 is 1.28 bits per heavy atom. The van der Waals surface area contributed by atoms with Crippen molar-refractivity contribution in [2.24, 2.45) is 0 Å². The summed E-state index contributed by atoms with van der Waals surface area (Å²) in [5, 5.41) is 2.65. The van der Waals surface area contributed by atoms with Crippen LogP contribution in [0, 0.1) is 5.82 Å². The van der Waals surface area contributed by atoms with Gasteiger partial charge in [-0.05, 0) is 30.5 Å². The highest BCUT2D eigenvalue weighted by Gasteiger charge is 2.34. The molecule has 0 spiro atoms. The van der Waals surface area contributed by atoms with Gasteiger partial charge in [0.15, 0.2) is 0 Å². The molecule has 0 aromatic heterocycles. The Bertz CT molecular complexity index is 404. The van der Waals surface area contributed by atoms with Gasteiger partial charge >= 0.3 is 6.18 Å². The fourth-order valence-corrected chi connectivity index (χ4v) is 1.68. The van der Waals surface area contributed by atoms with E-state index in [9.17, 15) is 17.6 Å². The van der Waals surface area contributed by atoms with Gasteiger partial charge in [-0.1, -0.05) is 0 Å². The Morgan fingerprint density at radius 3 is 2.44 bits per heavy atom. The van der Waals surface area contributed by atoms with E-state index >= 15 is 0 Å². The van der Waals surface area contributed by atoms with Crippen molar-refractivity contribution in [3.8, 4) is 0 Å². The highest BCUT2D eigenvalue weighted by atomic mass is 19.4. The van der Waals surface area contributed by atoms with E-state index in [0.717, 1.165) is 12.1 Å². The second-order valence-electron chi connectivity index (χ2n) is 3.83. The summed E-state index contributed by atoms with van der Waals surface area (Å²) in [6.45, 7) is 0.478. The van der Waals surface area contributed by atoms with Gasteiger partial charge in [0.1, 0.15) is 5.82 Å². The number of aryl methyl sites for hydroxylation is 1. The fourth-order valence-electron chi connectivity index (χ4n) is 1.68. The first-order valence-corrected chi connectivity index (χ1v) is 5.46. The Kier molecular flexibility index (Phi) is 4.95. The third-order valence-corrected chi connectivity index (χ3v) is 2.56. The van der Waals surface area contributed by atoms with Crippen molar-refractivity contribution in [3.63, 3.8) is 0 Å². The lowest BCUT2D eigenvalue weighted by atomic mass is 10.0. The van der Waals surface area contributed by atoms with Crippen molar-refractivity contribution >= 4 is 5.69 Å². The molecule has 1 aromatic rings. The van der Waals surface area contributed by atoms with Gasteiger partial charge in [-0.25, -0.2) is 4.39 Å². The van der Waals surface area contributed by atoms with Gasteiger partial charge in [0.05, 0.1) is 5.56 Å². The number of anilines is 1. The number of rotatable bonds is 5. The quantitative estimate of drug-likeness (QED) is 0.650. The molecule has 0 atom stereocenters. The van der Waals surface area contributed by atoms with E-state index in [-0.39, 0.29) is 0 Å². The van der Waals surface area contributed by atoms with E-state index < -0.39 is 17.6 Å². The number of hydrogen-bond acceptors (Lipinski definition) is 2. The molecule has 0 bridgehead atoms. The highest BCUT2D eigenvalue weighted by molar-refractivity contribution is 5.54. The maximum Gasteiger partial charge on any atom is 0.419 e. The van der Waals surface area contributed by atoms with Crippen molar-refractivity contribution in [2.45, 2.75) is 19.0 Å². The second kappa shape index (κ2) is 6.04. The number of hydrogen-bond donors (Lipinski definition) is 1. The predicted octanol–water partition coefficient (Wildman–Crippen LogP) is 3.47. The molecule has 18 heavy (non-hydrogen) atoms. The van der Waals surface area contributed by atoms with Gasteiger partial charge in [-0.2, -0.15) is 13.2 Å². The zero-order chi connectivity index (χ0) is 13.8. The lowest BCUT2D eigenvalue weighted by Crippen LogP contribution is -2.10. The van der Waals surface area contributed by atoms with Crippen molar-refractivity contribution in [2.75, 3.05) is 26.1 Å². The first kappa shape index (κ1) is 14.8. The number of alkyl halides is 3. The van der Waals surface area contributed by atoms with E-state index in [1.54, 1.807) is 0 Å². The normalized spacial score (nSPS) is 11.7. The van der Waals surface area contributed by atoms with Gasteiger partial charge in [0, 0.05) is 26.5 Å². The lowest BCUT2D eigenvalue weighted by Gasteiger charge is -2.14. The smallest absolute Gasteiger partial charge is 0.388 e. The molecule has 0 amide bonds. The molecule has 0 fully saturated rings. The van der Waals surface area contributed by atoms with Gasteiger partial charge in [0.2, 0.25) is 0 Å². The van der Waals surface area contributed by atoms with Crippen molar-refractivity contribution in [3.05, 3.63) is 29.1 Å². The van der Waals surface area contributed by atoms with E-state index in [1.807, 2.05) is 0 Å². The Morgan fingerprint density at radius 2 is 1.94 bits per heavy atom. The van der Waals surface area contributed by atoms with Crippen LogP contribution in [0.25, 0.3) is 0 Å². The average Bonchev–Trinajstić information content (AvgIpc) is 2.28. The lowest BCUT2D eigenvalue weighted by molar-refractivity contribution is -0.139. The summed E-state index contributed by atoms with van der Waals surface area (Å²) in [5.41, 5.74) is -0.442. The molecule has 0 unspecified atom stereocenters. The Labute approximate surface area is 103 Å². The summed E-state index contributed by atoms with van der Waals surface area (Å²) in [4.78, 5) is 0. The molecule has 0 saturated heterocycles. The maximum atomic E-state index is 13.4. The molecule has 0 aliphatic heterocycles. The largest absolute Gasteiger partial charge is 0.419 e. The molecule has 0 heterocycles. The van der Waals surface area contributed by atoms with Gasteiger partial charge in [0.25, 0.3) is 0 Å². The van der Waals surface area contributed by atoms with E-state index in [1.165, 1.54) is 14.2 Å². The van der Waals surface area contributed by atoms with E-state index in [0.29, 0.717) is 30.7 Å². The van der Waals surface area contributed by atoms with Crippen LogP contribution in [0.2, 0.25) is 0 Å². The first-order valence-electron chi connectivity index (χ1n) is 5.46. The highest BCUT2D eigenvalue weighted by Crippen LogP contribution is 2.34. The van der Waals surface area contributed by atoms with E-state index in [4.69, 9.17) is 4.74 Å². The molecule has 102 valence electrons. The van der Waals surface area contributed by atoms with Crippen LogP contribution in [-0.4, -0.2) is 20.8 Å². The Balaban J connectivity index is 3.03. The summed E-state index contributed by atoms with van der Waals surface area (Å²) < 4.78 is 55.8. The van der Waals surface area contributed by atoms with Crippen LogP contribution in [0.4, 0.5) is 23.2 Å². The summed E-state index contributed by atoms with van der Waals surface area (Å²) in [6, 6.07) is 1.74. The molecular formula is C12H15F4NO. The minimum Gasteiger partial charge on any atom is -0.388 e. The fraction of sp³-hybridized carbons (Fsp3) is 0.500. The van der Waals surface area contributed by atoms with Crippen LogP contribution in [0.15, 0.2) is 12.1 Å². The number of methoxy groups -OCH3 is 1. The molecule has 0 radical (unpaired) electrons. The number of benzene rings is 1. The predicted molar refractivity (Wildman–Crippen MR) is 61.1 cm³/mol. The zero-order valence-corrected chi connectivity index (χ0v) is 10.2. The van der Waals surface area contributed by atoms with Gasteiger partial charge < -0.3 is 10.1 Å². The number of ether oxygens (including phenoxy) is 1. The van der Waals surface area contributed by atoms with Crippen LogP contribution in [0.3, 0.4) is 0 Å². The van der Waals surface area contributed by atoms with Crippen LogP contribution >= 0.6 is 0 Å². The third-order valence-electron chi connectivity index (χ3n) is 2.56. The van der Waals surface area contributed by atoms with Crippen LogP contribution in [0.5, 0.6) is 0 Å².